The lowest BCUT2D eigenvalue weighted by Gasteiger charge is -2.53. The first-order valence-electron chi connectivity index (χ1n) is 10.4. The molecule has 0 aromatic heterocycles. The summed E-state index contributed by atoms with van der Waals surface area (Å²) < 4.78 is 0. The summed E-state index contributed by atoms with van der Waals surface area (Å²) >= 11 is 0. The lowest BCUT2D eigenvalue weighted by molar-refractivity contribution is -0.384. The maximum Gasteiger partial charge on any atom is 0.293 e. The maximum absolute atomic E-state index is 13.9. The zero-order valence-corrected chi connectivity index (χ0v) is 16.8. The predicted molar refractivity (Wildman–Crippen MR) is 115 cm³/mol. The molecule has 0 spiro atoms. The van der Waals surface area contributed by atoms with E-state index in [1.54, 1.807) is 6.07 Å². The molecule has 158 valence electrons. The van der Waals surface area contributed by atoms with Crippen LogP contribution in [0, 0.1) is 22.0 Å². The van der Waals surface area contributed by atoms with Crippen LogP contribution in [0.5, 0.6) is 0 Å². The Balaban J connectivity index is 1.64. The molecule has 2 amide bonds. The van der Waals surface area contributed by atoms with Crippen LogP contribution in [0.1, 0.15) is 28.2 Å². The molecule has 2 bridgehead atoms. The second-order valence-corrected chi connectivity index (χ2v) is 8.54. The van der Waals surface area contributed by atoms with Crippen molar-refractivity contribution in [2.75, 3.05) is 11.5 Å². The Morgan fingerprint density at radius 2 is 1.44 bits per heavy atom. The molecule has 7 nitrogen and oxygen atoms in total. The van der Waals surface area contributed by atoms with E-state index in [2.05, 4.69) is 0 Å². The molecule has 1 heterocycles. The van der Waals surface area contributed by atoms with Gasteiger partial charge in [0.25, 0.3) is 5.69 Å². The van der Waals surface area contributed by atoms with Crippen LogP contribution in [0.15, 0.2) is 72.8 Å². The van der Waals surface area contributed by atoms with E-state index < -0.39 is 34.0 Å². The Hall–Kier alpha value is -3.84. The summed E-state index contributed by atoms with van der Waals surface area (Å²) in [5.41, 5.74) is 2.13. The normalized spacial score (nSPS) is 27.2. The molecule has 7 heteroatoms. The lowest BCUT2D eigenvalue weighted by atomic mass is 9.47. The van der Waals surface area contributed by atoms with Gasteiger partial charge in [0, 0.05) is 12.0 Å². The van der Waals surface area contributed by atoms with Gasteiger partial charge in [-0.2, -0.15) is 0 Å². The van der Waals surface area contributed by atoms with Crippen LogP contribution in [0.3, 0.4) is 0 Å². The number of carbonyl (C=O) groups is 2. The number of imide groups is 1. The van der Waals surface area contributed by atoms with Crippen LogP contribution >= 0.6 is 0 Å². The van der Waals surface area contributed by atoms with Crippen molar-refractivity contribution in [2.45, 2.75) is 11.3 Å². The van der Waals surface area contributed by atoms with E-state index in [1.807, 2.05) is 48.5 Å². The monoisotopic (exact) mass is 426 g/mol. The molecule has 3 aromatic rings. The van der Waals surface area contributed by atoms with Crippen LogP contribution in [0.25, 0.3) is 0 Å². The zero-order chi connectivity index (χ0) is 22.2. The highest BCUT2D eigenvalue weighted by Gasteiger charge is 2.68. The smallest absolute Gasteiger partial charge is 0.293 e. The Labute approximate surface area is 183 Å². The van der Waals surface area contributed by atoms with Gasteiger partial charge in [0.1, 0.15) is 5.69 Å². The highest BCUT2D eigenvalue weighted by Crippen LogP contribution is 2.64. The number of nitro groups is 1. The number of amides is 2. The molecule has 7 rings (SSSR count). The predicted octanol–water partition coefficient (Wildman–Crippen LogP) is 3.14. The van der Waals surface area contributed by atoms with E-state index in [-0.39, 0.29) is 23.9 Å². The van der Waals surface area contributed by atoms with Crippen LogP contribution in [0.4, 0.5) is 11.4 Å². The molecular formula is C25H18N2O5. The third-order valence-electron chi connectivity index (χ3n) is 7.36. The molecular weight excluding hydrogens is 408 g/mol. The van der Waals surface area contributed by atoms with E-state index in [0.29, 0.717) is 0 Å². The fraction of sp³-hybridized carbons (Fsp3) is 0.200. The van der Waals surface area contributed by atoms with Crippen molar-refractivity contribution >= 4 is 23.2 Å². The van der Waals surface area contributed by atoms with E-state index in [1.165, 1.54) is 18.2 Å². The van der Waals surface area contributed by atoms with Crippen LogP contribution in [-0.4, -0.2) is 28.5 Å². The van der Waals surface area contributed by atoms with Crippen molar-refractivity contribution in [3.05, 3.63) is 105 Å². The largest absolute Gasteiger partial charge is 0.395 e. The number of anilines is 1. The number of nitrogens with zero attached hydrogens (tertiary/aromatic N) is 2. The van der Waals surface area contributed by atoms with Crippen molar-refractivity contribution in [3.63, 3.8) is 0 Å². The molecule has 1 saturated heterocycles. The minimum Gasteiger partial charge on any atom is -0.395 e. The molecule has 1 N–H and O–H groups in total. The number of rotatable bonds is 3. The molecule has 0 saturated carbocycles. The standard InChI is InChI=1S/C25H18N2O5/c28-13-25-16-9-3-1-7-14(16)20(15-8-2-4-10-17(15)25)21-22(25)24(30)26(23(21)29)18-11-5-6-12-19(18)27(31)32/h1-12,20-22,28H,13H2. The molecule has 3 aliphatic carbocycles. The highest BCUT2D eigenvalue weighted by molar-refractivity contribution is 6.24. The zero-order valence-electron chi connectivity index (χ0n) is 16.8. The van der Waals surface area contributed by atoms with Crippen molar-refractivity contribution in [1.29, 1.82) is 0 Å². The highest BCUT2D eigenvalue weighted by atomic mass is 16.6. The number of benzene rings is 3. The second-order valence-electron chi connectivity index (χ2n) is 8.54. The summed E-state index contributed by atoms with van der Waals surface area (Å²) in [5.74, 6) is -2.89. The first-order chi connectivity index (χ1) is 15.5. The van der Waals surface area contributed by atoms with Gasteiger partial charge in [-0.05, 0) is 28.3 Å². The quantitative estimate of drug-likeness (QED) is 0.394. The van der Waals surface area contributed by atoms with Gasteiger partial charge in [0.2, 0.25) is 11.8 Å². The lowest BCUT2D eigenvalue weighted by Crippen LogP contribution is -2.55. The third kappa shape index (κ3) is 2.04. The molecule has 4 aliphatic rings. The number of aliphatic hydroxyl groups excluding tert-OH is 1. The average Bonchev–Trinajstić information content (AvgIpc) is 3.09. The molecule has 1 aliphatic heterocycles. The first-order valence-corrected chi connectivity index (χ1v) is 10.4. The molecule has 2 unspecified atom stereocenters. The van der Waals surface area contributed by atoms with Crippen molar-refractivity contribution in [1.82, 2.24) is 0 Å². The number of para-hydroxylation sites is 2. The van der Waals surface area contributed by atoms with Gasteiger partial charge in [-0.15, -0.1) is 0 Å². The van der Waals surface area contributed by atoms with Gasteiger partial charge in [-0.3, -0.25) is 19.7 Å². The topological polar surface area (TPSA) is 101 Å². The Morgan fingerprint density at radius 3 is 2.03 bits per heavy atom. The van der Waals surface area contributed by atoms with Crippen LogP contribution in [0.2, 0.25) is 0 Å². The fourth-order valence-corrected chi connectivity index (χ4v) is 6.24. The van der Waals surface area contributed by atoms with Crippen LogP contribution < -0.4 is 4.90 Å². The van der Waals surface area contributed by atoms with Crippen molar-refractivity contribution in [2.24, 2.45) is 11.8 Å². The SMILES string of the molecule is O=C1C2C3c4ccccc4C(CO)(c4ccccc43)C2C(=O)N1c1ccccc1[N+](=O)[O-]. The fourth-order valence-electron chi connectivity index (χ4n) is 6.24. The number of nitro benzene ring substituents is 1. The summed E-state index contributed by atoms with van der Waals surface area (Å²) in [6.45, 7) is -0.349. The number of hydrogen-bond donors (Lipinski definition) is 1. The van der Waals surface area contributed by atoms with Crippen molar-refractivity contribution in [3.8, 4) is 0 Å². The minimum absolute atomic E-state index is 0.0255. The van der Waals surface area contributed by atoms with Gasteiger partial charge in [-0.25, -0.2) is 4.90 Å². The van der Waals surface area contributed by atoms with Crippen molar-refractivity contribution < 1.29 is 19.6 Å². The first kappa shape index (κ1) is 18.9. The molecule has 1 fully saturated rings. The van der Waals surface area contributed by atoms with Gasteiger partial charge in [0.15, 0.2) is 0 Å². The van der Waals surface area contributed by atoms with Gasteiger partial charge < -0.3 is 5.11 Å². The van der Waals surface area contributed by atoms with Gasteiger partial charge in [0.05, 0.1) is 28.8 Å². The Kier molecular flexibility index (Phi) is 3.74. The van der Waals surface area contributed by atoms with E-state index in [4.69, 9.17) is 0 Å². The summed E-state index contributed by atoms with van der Waals surface area (Å²) in [5, 5.41) is 22.5. The minimum atomic E-state index is -1.09. The van der Waals surface area contributed by atoms with E-state index in [9.17, 15) is 24.8 Å². The van der Waals surface area contributed by atoms with Crippen LogP contribution in [-0.2, 0) is 15.0 Å². The second kappa shape index (κ2) is 6.34. The van der Waals surface area contributed by atoms with Gasteiger partial charge in [-0.1, -0.05) is 60.7 Å². The Morgan fingerprint density at radius 1 is 0.875 bits per heavy atom. The third-order valence-corrected chi connectivity index (χ3v) is 7.36. The Bertz CT molecular complexity index is 1290. The summed E-state index contributed by atoms with van der Waals surface area (Å²) in [6, 6.07) is 21.0. The number of aliphatic hydroxyl groups is 1. The molecule has 0 radical (unpaired) electrons. The average molecular weight is 426 g/mol. The molecule has 3 aromatic carbocycles. The van der Waals surface area contributed by atoms with E-state index >= 15 is 0 Å². The van der Waals surface area contributed by atoms with E-state index in [0.717, 1.165) is 27.2 Å². The summed E-state index contributed by atoms with van der Waals surface area (Å²) in [7, 11) is 0. The number of hydrogen-bond acceptors (Lipinski definition) is 5. The molecule has 2 atom stereocenters. The summed E-state index contributed by atoms with van der Waals surface area (Å²) in [6.07, 6.45) is 0. The maximum atomic E-state index is 13.9. The molecule has 32 heavy (non-hydrogen) atoms. The summed E-state index contributed by atoms with van der Waals surface area (Å²) in [4.78, 5) is 39.7. The van der Waals surface area contributed by atoms with Gasteiger partial charge >= 0.3 is 0 Å². The number of carbonyl (C=O) groups excluding carboxylic acids is 2.